The van der Waals surface area contributed by atoms with Crippen LogP contribution in [0.3, 0.4) is 0 Å². The number of benzene rings is 1. The number of carboxylic acids is 2. The van der Waals surface area contributed by atoms with Gasteiger partial charge in [-0.3, -0.25) is 24.0 Å². The molecule has 4 amide bonds. The molecule has 0 aliphatic carbocycles. The summed E-state index contributed by atoms with van der Waals surface area (Å²) in [7, 11) is 0. The van der Waals surface area contributed by atoms with Crippen molar-refractivity contribution in [2.24, 2.45) is 11.5 Å². The maximum atomic E-state index is 13.3. The fraction of sp³-hybridized carbons (Fsp3) is 0.571. The number of amides is 4. The number of unbranched alkanes of at least 4 members (excludes halogenated alkanes) is 1. The zero-order chi connectivity index (χ0) is 34.3. The van der Waals surface area contributed by atoms with Crippen LogP contribution in [0.1, 0.15) is 51.5 Å². The normalized spacial score (nSPS) is 15.7. The monoisotopic (exact) mass is 640 g/mol. The summed E-state index contributed by atoms with van der Waals surface area (Å²) in [5.41, 5.74) is 12.1. The minimum absolute atomic E-state index is 0.00814. The number of hydrogen-bond acceptors (Lipinski definition) is 11. The van der Waals surface area contributed by atoms with Gasteiger partial charge >= 0.3 is 11.9 Å². The largest absolute Gasteiger partial charge is 0.508 e. The Labute approximate surface area is 259 Å². The van der Waals surface area contributed by atoms with Crippen LogP contribution in [0.15, 0.2) is 24.3 Å². The molecule has 0 unspecified atom stereocenters. The second-order valence-corrected chi connectivity index (χ2v) is 10.6. The number of carbonyl (C=O) groups is 6. The lowest BCUT2D eigenvalue weighted by atomic mass is 10.0. The lowest BCUT2D eigenvalue weighted by Crippen LogP contribution is -2.61. The molecule has 0 radical (unpaired) electrons. The highest BCUT2D eigenvalue weighted by molar-refractivity contribution is 5.95. The Kier molecular flexibility index (Phi) is 16.5. The summed E-state index contributed by atoms with van der Waals surface area (Å²) in [6.45, 7) is 2.60. The second kappa shape index (κ2) is 19.1. The molecule has 0 saturated carbocycles. The first-order valence-corrected chi connectivity index (χ1v) is 14.3. The number of carboxylic acid groups (broad SMARTS) is 2. The molecule has 0 saturated heterocycles. The maximum Gasteiger partial charge on any atom is 0.328 e. The van der Waals surface area contributed by atoms with Crippen LogP contribution in [-0.4, -0.2) is 110 Å². The van der Waals surface area contributed by atoms with Crippen molar-refractivity contribution in [3.05, 3.63) is 29.8 Å². The van der Waals surface area contributed by atoms with Gasteiger partial charge in [-0.2, -0.15) is 0 Å². The van der Waals surface area contributed by atoms with Gasteiger partial charge in [-0.05, 0) is 70.2 Å². The van der Waals surface area contributed by atoms with Crippen molar-refractivity contribution in [2.75, 3.05) is 6.54 Å². The van der Waals surface area contributed by atoms with Crippen molar-refractivity contribution in [3.8, 4) is 5.75 Å². The van der Waals surface area contributed by atoms with E-state index in [2.05, 4.69) is 21.3 Å². The molecule has 0 fully saturated rings. The molecular weight excluding hydrogens is 596 g/mol. The maximum absolute atomic E-state index is 13.3. The van der Waals surface area contributed by atoms with Gasteiger partial charge in [0.15, 0.2) is 6.04 Å². The molecule has 13 N–H and O–H groups in total. The van der Waals surface area contributed by atoms with Gasteiger partial charge in [0, 0.05) is 6.42 Å². The highest BCUT2D eigenvalue weighted by Crippen LogP contribution is 2.11. The number of aliphatic carboxylic acids is 2. The molecule has 0 bridgehead atoms. The molecule has 0 aliphatic rings. The molecule has 45 heavy (non-hydrogen) atoms. The molecule has 7 atom stereocenters. The number of aliphatic hydroxyl groups is 2. The van der Waals surface area contributed by atoms with Gasteiger partial charge < -0.3 is 58.3 Å². The Hall–Kier alpha value is -4.32. The first kappa shape index (κ1) is 38.7. The van der Waals surface area contributed by atoms with Gasteiger partial charge in [-0.1, -0.05) is 12.1 Å². The Morgan fingerprint density at radius 2 is 1.24 bits per heavy atom. The van der Waals surface area contributed by atoms with E-state index < -0.39 is 90.8 Å². The van der Waals surface area contributed by atoms with E-state index in [0.29, 0.717) is 18.4 Å². The minimum atomic E-state index is -1.69. The quantitative estimate of drug-likeness (QED) is 0.0636. The topological polar surface area (TPSA) is 304 Å². The fourth-order valence-electron chi connectivity index (χ4n) is 4.12. The number of nitrogens with one attached hydrogen (secondary N) is 4. The number of nitrogens with two attached hydrogens (primary N) is 2. The molecule has 1 aromatic carbocycles. The van der Waals surface area contributed by atoms with E-state index in [9.17, 15) is 54.3 Å². The van der Waals surface area contributed by atoms with E-state index in [0.717, 1.165) is 6.92 Å². The first-order chi connectivity index (χ1) is 21.1. The summed E-state index contributed by atoms with van der Waals surface area (Å²) in [6, 6.07) is -1.49. The van der Waals surface area contributed by atoms with Crippen LogP contribution in [-0.2, 0) is 35.2 Å². The van der Waals surface area contributed by atoms with E-state index in [4.69, 9.17) is 11.5 Å². The molecule has 17 nitrogen and oxygen atoms in total. The molecule has 1 rings (SSSR count). The number of aliphatic hydroxyl groups excluding tert-OH is 2. The van der Waals surface area contributed by atoms with E-state index >= 15 is 0 Å². The van der Waals surface area contributed by atoms with E-state index in [1.807, 2.05) is 0 Å². The standard InChI is InChI=1S/C28H44N6O11/c1-14(35)22(33-24(40)18(30)13-16-6-8-17(37)9-7-16)27(43)32-20(10-11-21(38)39)25(41)31-19(5-3-4-12-29)26(42)34-23(15(2)36)28(44)45/h6-9,14-15,18-20,22-23,35-37H,3-5,10-13,29-30H2,1-2H3,(H,31,41)(H,32,43)(H,33,40)(H,34,42)(H,38,39)(H,44,45)/t14-,15-,18+,19+,20+,22+,23+/m1/s1. The van der Waals surface area contributed by atoms with Crippen LogP contribution in [0.5, 0.6) is 5.75 Å². The van der Waals surface area contributed by atoms with Crippen LogP contribution < -0.4 is 32.7 Å². The zero-order valence-electron chi connectivity index (χ0n) is 25.1. The van der Waals surface area contributed by atoms with Crippen LogP contribution >= 0.6 is 0 Å². The van der Waals surface area contributed by atoms with Crippen LogP contribution in [0.25, 0.3) is 0 Å². The summed E-state index contributed by atoms with van der Waals surface area (Å²) in [6.07, 6.45) is -3.21. The highest BCUT2D eigenvalue weighted by atomic mass is 16.4. The van der Waals surface area contributed by atoms with E-state index in [-0.39, 0.29) is 25.1 Å². The van der Waals surface area contributed by atoms with Gasteiger partial charge in [0.05, 0.1) is 18.2 Å². The number of carbonyl (C=O) groups excluding carboxylic acids is 4. The number of rotatable bonds is 20. The minimum Gasteiger partial charge on any atom is -0.508 e. The van der Waals surface area contributed by atoms with Crippen molar-refractivity contribution >= 4 is 35.6 Å². The second-order valence-electron chi connectivity index (χ2n) is 10.6. The summed E-state index contributed by atoms with van der Waals surface area (Å²) < 4.78 is 0. The molecule has 0 heterocycles. The van der Waals surface area contributed by atoms with Gasteiger partial charge in [0.1, 0.15) is 23.9 Å². The Bertz CT molecular complexity index is 1160. The van der Waals surface area contributed by atoms with Gasteiger partial charge in [-0.15, -0.1) is 0 Å². The average molecular weight is 641 g/mol. The van der Waals surface area contributed by atoms with Crippen LogP contribution in [0.4, 0.5) is 0 Å². The average Bonchev–Trinajstić information content (AvgIpc) is 2.96. The molecule has 0 spiro atoms. The van der Waals surface area contributed by atoms with Gasteiger partial charge in [0.25, 0.3) is 0 Å². The summed E-state index contributed by atoms with van der Waals surface area (Å²) in [4.78, 5) is 74.8. The zero-order valence-corrected chi connectivity index (χ0v) is 25.1. The Morgan fingerprint density at radius 3 is 1.76 bits per heavy atom. The lowest BCUT2D eigenvalue weighted by Gasteiger charge is -2.27. The van der Waals surface area contributed by atoms with E-state index in [1.165, 1.54) is 19.1 Å². The number of phenols is 1. The van der Waals surface area contributed by atoms with Crippen molar-refractivity contribution in [1.82, 2.24) is 21.3 Å². The molecule has 17 heteroatoms. The van der Waals surface area contributed by atoms with Crippen LogP contribution in [0, 0.1) is 0 Å². The SMILES string of the molecule is C[C@@H](O)[C@H](NC(=O)[C@H](CCCCN)NC(=O)[C@H](CCC(=O)O)NC(=O)[C@@H](NC(=O)[C@@H](N)Cc1ccc(O)cc1)[C@@H](C)O)C(=O)O. The van der Waals surface area contributed by atoms with Crippen molar-refractivity contribution < 1.29 is 54.3 Å². The molecule has 252 valence electrons. The number of phenolic OH excluding ortho intramolecular Hbond substituents is 1. The van der Waals surface area contributed by atoms with Crippen molar-refractivity contribution in [2.45, 2.75) is 94.8 Å². The first-order valence-electron chi connectivity index (χ1n) is 14.3. The number of aromatic hydroxyl groups is 1. The van der Waals surface area contributed by atoms with Gasteiger partial charge in [-0.25, -0.2) is 4.79 Å². The summed E-state index contributed by atoms with van der Waals surface area (Å²) >= 11 is 0. The lowest BCUT2D eigenvalue weighted by molar-refractivity contribution is -0.145. The predicted molar refractivity (Wildman–Crippen MR) is 158 cm³/mol. The third kappa shape index (κ3) is 13.9. The van der Waals surface area contributed by atoms with E-state index in [1.54, 1.807) is 12.1 Å². The summed E-state index contributed by atoms with van der Waals surface area (Å²) in [5.74, 6) is -6.64. The molecule has 0 aromatic heterocycles. The number of hydrogen-bond donors (Lipinski definition) is 11. The highest BCUT2D eigenvalue weighted by Gasteiger charge is 2.34. The molecule has 0 aliphatic heterocycles. The third-order valence-corrected chi connectivity index (χ3v) is 6.70. The van der Waals surface area contributed by atoms with Crippen LogP contribution in [0.2, 0.25) is 0 Å². The predicted octanol–water partition coefficient (Wildman–Crippen LogP) is -2.96. The van der Waals surface area contributed by atoms with Gasteiger partial charge in [0.2, 0.25) is 23.6 Å². The third-order valence-electron chi connectivity index (χ3n) is 6.70. The Morgan fingerprint density at radius 1 is 0.733 bits per heavy atom. The van der Waals surface area contributed by atoms with Crippen molar-refractivity contribution in [1.29, 1.82) is 0 Å². The smallest absolute Gasteiger partial charge is 0.328 e. The Balaban J connectivity index is 3.11. The molecular formula is C28H44N6O11. The molecule has 1 aromatic rings. The summed E-state index contributed by atoms with van der Waals surface area (Å²) in [5, 5.41) is 57.0. The van der Waals surface area contributed by atoms with Crippen molar-refractivity contribution in [3.63, 3.8) is 0 Å². The fourth-order valence-corrected chi connectivity index (χ4v) is 4.12.